The summed E-state index contributed by atoms with van der Waals surface area (Å²) in [6.45, 7) is 1.92. The highest BCUT2D eigenvalue weighted by atomic mass is 16.1. The van der Waals surface area contributed by atoms with Crippen LogP contribution in [0.15, 0.2) is 47.4 Å². The fourth-order valence-electron chi connectivity index (χ4n) is 4.64. The Morgan fingerprint density at radius 1 is 1.11 bits per heavy atom. The highest BCUT2D eigenvalue weighted by Crippen LogP contribution is 2.44. The van der Waals surface area contributed by atoms with E-state index in [4.69, 9.17) is 0 Å². The SMILES string of the molecule is C[C@]1(c2ccc(-c3cc(C4CC4)c4cccnc4c3)[nH]c2=O)CCCCC1=O. The summed E-state index contributed by atoms with van der Waals surface area (Å²) in [7, 11) is 0. The van der Waals surface area contributed by atoms with Gasteiger partial charge in [0.15, 0.2) is 0 Å². The van der Waals surface area contributed by atoms with Crippen LogP contribution in [0.25, 0.3) is 22.2 Å². The Kier molecular flexibility index (Phi) is 3.97. The summed E-state index contributed by atoms with van der Waals surface area (Å²) in [5, 5.41) is 1.20. The highest BCUT2D eigenvalue weighted by Gasteiger charge is 2.38. The zero-order valence-electron chi connectivity index (χ0n) is 16.1. The number of carbonyl (C=O) groups is 1. The molecule has 0 saturated heterocycles. The molecule has 1 aromatic carbocycles. The van der Waals surface area contributed by atoms with Crippen LogP contribution in [0.4, 0.5) is 0 Å². The molecule has 0 spiro atoms. The predicted molar refractivity (Wildman–Crippen MR) is 111 cm³/mol. The van der Waals surface area contributed by atoms with Crippen molar-refractivity contribution >= 4 is 16.7 Å². The minimum Gasteiger partial charge on any atom is -0.322 e. The van der Waals surface area contributed by atoms with E-state index in [0.29, 0.717) is 17.9 Å². The molecule has 28 heavy (non-hydrogen) atoms. The van der Waals surface area contributed by atoms with Crippen LogP contribution in [0.3, 0.4) is 0 Å². The molecule has 0 radical (unpaired) electrons. The van der Waals surface area contributed by atoms with E-state index < -0.39 is 5.41 Å². The molecule has 2 aliphatic carbocycles. The maximum Gasteiger partial charge on any atom is 0.252 e. The number of hydrogen-bond acceptors (Lipinski definition) is 3. The zero-order valence-corrected chi connectivity index (χ0v) is 16.1. The molecule has 2 heterocycles. The molecular formula is C24H24N2O2. The number of ketones is 1. The van der Waals surface area contributed by atoms with Crippen molar-refractivity contribution in [1.82, 2.24) is 9.97 Å². The summed E-state index contributed by atoms with van der Waals surface area (Å²) in [4.78, 5) is 33.1. The van der Waals surface area contributed by atoms with Gasteiger partial charge in [-0.15, -0.1) is 0 Å². The lowest BCUT2D eigenvalue weighted by molar-refractivity contribution is -0.125. The van der Waals surface area contributed by atoms with Crippen molar-refractivity contribution in [3.8, 4) is 11.3 Å². The van der Waals surface area contributed by atoms with Gasteiger partial charge in [0, 0.05) is 34.8 Å². The van der Waals surface area contributed by atoms with Crippen LogP contribution in [-0.2, 0) is 10.2 Å². The van der Waals surface area contributed by atoms with Crippen molar-refractivity contribution in [3.63, 3.8) is 0 Å². The number of pyridine rings is 2. The molecule has 3 aromatic rings. The third-order valence-corrected chi connectivity index (χ3v) is 6.53. The van der Waals surface area contributed by atoms with Crippen LogP contribution in [0.1, 0.15) is 62.5 Å². The van der Waals surface area contributed by atoms with E-state index >= 15 is 0 Å². The summed E-state index contributed by atoms with van der Waals surface area (Å²) < 4.78 is 0. The topological polar surface area (TPSA) is 62.8 Å². The number of benzene rings is 1. The third-order valence-electron chi connectivity index (χ3n) is 6.53. The van der Waals surface area contributed by atoms with Crippen molar-refractivity contribution in [2.45, 2.75) is 56.8 Å². The Balaban J connectivity index is 1.60. The number of aromatic nitrogens is 2. The first-order valence-corrected chi connectivity index (χ1v) is 10.2. The Bertz CT molecular complexity index is 1140. The number of carbonyl (C=O) groups excluding carboxylic acids is 1. The van der Waals surface area contributed by atoms with Gasteiger partial charge in [-0.2, -0.15) is 0 Å². The van der Waals surface area contributed by atoms with Gasteiger partial charge in [0.25, 0.3) is 5.56 Å². The highest BCUT2D eigenvalue weighted by molar-refractivity contribution is 5.90. The summed E-state index contributed by atoms with van der Waals surface area (Å²) >= 11 is 0. The van der Waals surface area contributed by atoms with Gasteiger partial charge >= 0.3 is 0 Å². The normalized spacial score (nSPS) is 22.5. The number of nitrogens with zero attached hydrogens (tertiary/aromatic N) is 1. The van der Waals surface area contributed by atoms with Crippen LogP contribution >= 0.6 is 0 Å². The van der Waals surface area contributed by atoms with Gasteiger partial charge in [-0.3, -0.25) is 14.6 Å². The number of aromatic amines is 1. The molecule has 2 saturated carbocycles. The molecule has 1 N–H and O–H groups in total. The van der Waals surface area contributed by atoms with E-state index in [9.17, 15) is 9.59 Å². The number of rotatable bonds is 3. The van der Waals surface area contributed by atoms with Crippen molar-refractivity contribution in [1.29, 1.82) is 0 Å². The smallest absolute Gasteiger partial charge is 0.252 e. The van der Waals surface area contributed by atoms with Crippen LogP contribution < -0.4 is 5.56 Å². The monoisotopic (exact) mass is 372 g/mol. The molecule has 0 amide bonds. The maximum absolute atomic E-state index is 12.9. The Morgan fingerprint density at radius 2 is 1.96 bits per heavy atom. The minimum atomic E-state index is -0.658. The molecule has 0 bridgehead atoms. The van der Waals surface area contributed by atoms with Crippen molar-refractivity contribution < 1.29 is 4.79 Å². The molecule has 0 unspecified atom stereocenters. The Morgan fingerprint density at radius 3 is 2.71 bits per heavy atom. The van der Waals surface area contributed by atoms with Gasteiger partial charge in [0.05, 0.1) is 10.9 Å². The fourth-order valence-corrected chi connectivity index (χ4v) is 4.64. The summed E-state index contributed by atoms with van der Waals surface area (Å²) in [5.74, 6) is 0.777. The van der Waals surface area contributed by atoms with Crippen LogP contribution in [-0.4, -0.2) is 15.8 Å². The second-order valence-corrected chi connectivity index (χ2v) is 8.49. The first-order chi connectivity index (χ1) is 13.6. The second kappa shape index (κ2) is 6.40. The van der Waals surface area contributed by atoms with E-state index in [1.165, 1.54) is 23.8 Å². The third kappa shape index (κ3) is 2.79. The van der Waals surface area contributed by atoms with Crippen molar-refractivity contribution in [2.24, 2.45) is 0 Å². The zero-order chi connectivity index (χ0) is 19.3. The minimum absolute atomic E-state index is 0.149. The summed E-state index contributed by atoms with van der Waals surface area (Å²) in [6.07, 6.45) is 7.47. The molecule has 2 fully saturated rings. The Labute approximate surface area is 164 Å². The van der Waals surface area contributed by atoms with E-state index in [-0.39, 0.29) is 11.3 Å². The Hall–Kier alpha value is -2.75. The largest absolute Gasteiger partial charge is 0.322 e. The number of H-pyrrole nitrogens is 1. The lowest BCUT2D eigenvalue weighted by Crippen LogP contribution is -2.40. The van der Waals surface area contributed by atoms with Crippen LogP contribution in [0.2, 0.25) is 0 Å². The maximum atomic E-state index is 12.9. The molecule has 1 atom stereocenters. The molecule has 4 heteroatoms. The number of nitrogens with one attached hydrogen (secondary N) is 1. The number of hydrogen-bond donors (Lipinski definition) is 1. The van der Waals surface area contributed by atoms with Gasteiger partial charge < -0.3 is 4.98 Å². The molecule has 2 aliphatic rings. The van der Waals surface area contributed by atoms with Crippen LogP contribution in [0.5, 0.6) is 0 Å². The van der Waals surface area contributed by atoms with E-state index in [1.807, 2.05) is 37.4 Å². The standard InChI is InChI=1S/C24H24N2O2/c1-24(11-3-2-6-22(24)27)19-9-10-20(26-23(19)28)16-13-18(15-7-8-15)17-5-4-12-25-21(17)14-16/h4-5,9-10,12-15H,2-3,6-8,11H2,1H3,(H,26,28)/t24-/m1/s1. The van der Waals surface area contributed by atoms with E-state index in [0.717, 1.165) is 36.0 Å². The predicted octanol–water partition coefficient (Wildman–Crippen LogP) is 4.87. The quantitative estimate of drug-likeness (QED) is 0.713. The van der Waals surface area contributed by atoms with Gasteiger partial charge in [0.1, 0.15) is 5.78 Å². The fraction of sp³-hybridized carbons (Fsp3) is 0.375. The molecule has 4 nitrogen and oxygen atoms in total. The summed E-state index contributed by atoms with van der Waals surface area (Å²) in [6, 6.07) is 12.1. The second-order valence-electron chi connectivity index (χ2n) is 8.49. The molecule has 2 aromatic heterocycles. The van der Waals surface area contributed by atoms with Crippen molar-refractivity contribution in [2.75, 3.05) is 0 Å². The number of Topliss-reactive ketones (excluding diaryl/α,β-unsaturated/α-hetero) is 1. The molecule has 142 valence electrons. The lowest BCUT2D eigenvalue weighted by Gasteiger charge is -2.31. The first-order valence-electron chi connectivity index (χ1n) is 10.2. The van der Waals surface area contributed by atoms with Crippen molar-refractivity contribution in [3.05, 3.63) is 64.1 Å². The van der Waals surface area contributed by atoms with E-state index in [2.05, 4.69) is 22.1 Å². The van der Waals surface area contributed by atoms with E-state index in [1.54, 1.807) is 0 Å². The molecule has 5 rings (SSSR count). The molecule has 0 aliphatic heterocycles. The van der Waals surface area contributed by atoms with Gasteiger partial charge in [-0.05, 0) is 68.4 Å². The van der Waals surface area contributed by atoms with Gasteiger partial charge in [0.2, 0.25) is 0 Å². The first kappa shape index (κ1) is 17.4. The lowest BCUT2D eigenvalue weighted by atomic mass is 9.70. The average molecular weight is 372 g/mol. The molecular weight excluding hydrogens is 348 g/mol. The number of fused-ring (bicyclic) bond motifs is 1. The van der Waals surface area contributed by atoms with Gasteiger partial charge in [-0.1, -0.05) is 18.6 Å². The average Bonchev–Trinajstić information content (AvgIpc) is 3.54. The van der Waals surface area contributed by atoms with Crippen LogP contribution in [0, 0.1) is 0 Å². The van der Waals surface area contributed by atoms with Gasteiger partial charge in [-0.25, -0.2) is 0 Å². The summed E-state index contributed by atoms with van der Waals surface area (Å²) in [5.41, 5.74) is 3.84.